The topological polar surface area (TPSA) is 46.9 Å². The van der Waals surface area contributed by atoms with Crippen molar-refractivity contribution in [3.63, 3.8) is 0 Å². The lowest BCUT2D eigenvalue weighted by Crippen LogP contribution is -2.28. The zero-order chi connectivity index (χ0) is 18.6. The highest BCUT2D eigenvalue weighted by Crippen LogP contribution is 2.31. The molecule has 26 heavy (non-hydrogen) atoms. The quantitative estimate of drug-likeness (QED) is 0.752. The maximum atomic E-state index is 13.0. The minimum absolute atomic E-state index is 0.214. The third-order valence-corrected chi connectivity index (χ3v) is 3.83. The minimum atomic E-state index is -4.56. The third-order valence-electron chi connectivity index (χ3n) is 3.83. The minimum Gasteiger partial charge on any atom is -0.352 e. The van der Waals surface area contributed by atoms with Crippen LogP contribution in [0.4, 0.5) is 13.2 Å². The monoisotopic (exact) mass is 359 g/mol. The summed E-state index contributed by atoms with van der Waals surface area (Å²) in [6.45, 7) is 0.214. The summed E-state index contributed by atoms with van der Waals surface area (Å²) in [6, 6.07) is 14.3. The molecule has 1 heterocycles. The van der Waals surface area contributed by atoms with Gasteiger partial charge in [-0.2, -0.15) is 18.3 Å². The van der Waals surface area contributed by atoms with E-state index in [-0.39, 0.29) is 12.1 Å². The zero-order valence-corrected chi connectivity index (χ0v) is 13.7. The number of nitrogens with zero attached hydrogens (tertiary/aromatic N) is 2. The molecule has 4 nitrogen and oxygen atoms in total. The normalized spacial score (nSPS) is 11.3. The molecule has 2 aromatic carbocycles. The van der Waals surface area contributed by atoms with E-state index in [9.17, 15) is 18.0 Å². The Morgan fingerprint density at radius 1 is 1.04 bits per heavy atom. The Morgan fingerprint density at radius 2 is 1.73 bits per heavy atom. The van der Waals surface area contributed by atoms with Crippen molar-refractivity contribution in [1.82, 2.24) is 15.1 Å². The Bertz CT molecular complexity index is 888. The van der Waals surface area contributed by atoms with E-state index in [0.29, 0.717) is 6.42 Å². The molecular weight excluding hydrogens is 343 g/mol. The molecule has 0 unspecified atom stereocenters. The fourth-order valence-corrected chi connectivity index (χ4v) is 2.56. The number of hydrogen-bond donors (Lipinski definition) is 1. The maximum absolute atomic E-state index is 13.0. The van der Waals surface area contributed by atoms with E-state index >= 15 is 0 Å². The number of alkyl halides is 3. The van der Waals surface area contributed by atoms with Gasteiger partial charge in [-0.25, -0.2) is 4.68 Å². The molecule has 3 aromatic rings. The second-order valence-electron chi connectivity index (χ2n) is 5.68. The first-order chi connectivity index (χ1) is 12.4. The van der Waals surface area contributed by atoms with Gasteiger partial charge < -0.3 is 5.32 Å². The number of amides is 1. The lowest BCUT2D eigenvalue weighted by atomic mass is 10.1. The van der Waals surface area contributed by atoms with Crippen molar-refractivity contribution in [2.45, 2.75) is 12.6 Å². The molecule has 0 bridgehead atoms. The second kappa shape index (κ2) is 7.43. The fourth-order valence-electron chi connectivity index (χ4n) is 2.56. The van der Waals surface area contributed by atoms with Crippen LogP contribution in [0.25, 0.3) is 5.69 Å². The first-order valence-electron chi connectivity index (χ1n) is 7.98. The molecule has 0 atom stereocenters. The molecule has 1 aromatic heterocycles. The second-order valence-corrected chi connectivity index (χ2v) is 5.68. The fraction of sp³-hybridized carbons (Fsp3) is 0.158. The number of hydrogen-bond acceptors (Lipinski definition) is 2. The molecule has 7 heteroatoms. The molecule has 0 radical (unpaired) electrons. The molecule has 0 aliphatic heterocycles. The summed E-state index contributed by atoms with van der Waals surface area (Å²) in [7, 11) is 0. The summed E-state index contributed by atoms with van der Waals surface area (Å²) in [5.41, 5.74) is 0.467. The van der Waals surface area contributed by atoms with Crippen LogP contribution >= 0.6 is 0 Å². The molecule has 1 amide bonds. The van der Waals surface area contributed by atoms with Crippen molar-refractivity contribution in [1.29, 1.82) is 0 Å². The maximum Gasteiger partial charge on any atom is 0.417 e. The van der Waals surface area contributed by atoms with E-state index < -0.39 is 17.6 Å². The molecule has 0 spiro atoms. The van der Waals surface area contributed by atoms with Crippen molar-refractivity contribution in [2.24, 2.45) is 0 Å². The van der Waals surface area contributed by atoms with Crippen molar-refractivity contribution in [3.05, 3.63) is 83.7 Å². The first kappa shape index (κ1) is 17.7. The smallest absolute Gasteiger partial charge is 0.352 e. The summed E-state index contributed by atoms with van der Waals surface area (Å²) in [6.07, 6.45) is -0.606. The van der Waals surface area contributed by atoms with Gasteiger partial charge in [-0.15, -0.1) is 0 Å². The number of aromatic nitrogens is 2. The summed E-state index contributed by atoms with van der Waals surface area (Å²) in [5.74, 6) is -0.742. The predicted molar refractivity (Wildman–Crippen MR) is 91.0 cm³/mol. The highest BCUT2D eigenvalue weighted by atomic mass is 19.4. The average Bonchev–Trinajstić information content (AvgIpc) is 3.10. The van der Waals surface area contributed by atoms with Gasteiger partial charge in [0.2, 0.25) is 0 Å². The van der Waals surface area contributed by atoms with Crippen molar-refractivity contribution in [2.75, 3.05) is 6.54 Å². The number of rotatable bonds is 5. The van der Waals surface area contributed by atoms with Crippen LogP contribution in [-0.4, -0.2) is 22.2 Å². The predicted octanol–water partition coefficient (Wildman–Crippen LogP) is 3.86. The number of carbonyl (C=O) groups is 1. The number of benzene rings is 2. The Balaban J connectivity index is 1.61. The average molecular weight is 359 g/mol. The van der Waals surface area contributed by atoms with E-state index in [2.05, 4.69) is 10.4 Å². The summed E-state index contributed by atoms with van der Waals surface area (Å²) >= 11 is 0. The summed E-state index contributed by atoms with van der Waals surface area (Å²) < 4.78 is 40.6. The SMILES string of the molecule is O=C(NCCc1cnn(-c2ccccc2)c1)c1ccccc1C(F)(F)F. The van der Waals surface area contributed by atoms with Crippen molar-refractivity contribution >= 4 is 5.91 Å². The van der Waals surface area contributed by atoms with Gasteiger partial charge in [0.05, 0.1) is 23.0 Å². The van der Waals surface area contributed by atoms with Gasteiger partial charge in [0.25, 0.3) is 5.91 Å². The zero-order valence-electron chi connectivity index (χ0n) is 13.7. The van der Waals surface area contributed by atoms with E-state index in [1.165, 1.54) is 18.2 Å². The highest BCUT2D eigenvalue weighted by molar-refractivity contribution is 5.95. The third kappa shape index (κ3) is 4.11. The van der Waals surface area contributed by atoms with Gasteiger partial charge in [0, 0.05) is 12.7 Å². The van der Waals surface area contributed by atoms with Gasteiger partial charge in [-0.1, -0.05) is 30.3 Å². The molecule has 0 saturated carbocycles. The largest absolute Gasteiger partial charge is 0.417 e. The molecule has 0 aliphatic rings. The Morgan fingerprint density at radius 3 is 2.46 bits per heavy atom. The van der Waals surface area contributed by atoms with E-state index in [1.54, 1.807) is 10.9 Å². The van der Waals surface area contributed by atoms with E-state index in [4.69, 9.17) is 0 Å². The van der Waals surface area contributed by atoms with Gasteiger partial charge >= 0.3 is 6.18 Å². The summed E-state index contributed by atoms with van der Waals surface area (Å²) in [5, 5.41) is 6.78. The van der Waals surface area contributed by atoms with Crippen LogP contribution in [0, 0.1) is 0 Å². The summed E-state index contributed by atoms with van der Waals surface area (Å²) in [4.78, 5) is 12.1. The number of halogens is 3. The van der Waals surface area contributed by atoms with E-state index in [1.807, 2.05) is 36.5 Å². The standard InChI is InChI=1S/C19H16F3N3O/c20-19(21,22)17-9-5-4-8-16(17)18(26)23-11-10-14-12-24-25(13-14)15-6-2-1-3-7-15/h1-9,12-13H,10-11H2,(H,23,26). The number of carbonyl (C=O) groups excluding carboxylic acids is 1. The van der Waals surface area contributed by atoms with Crippen LogP contribution in [0.1, 0.15) is 21.5 Å². The van der Waals surface area contributed by atoms with Crippen LogP contribution in [-0.2, 0) is 12.6 Å². The van der Waals surface area contributed by atoms with Crippen LogP contribution in [0.2, 0.25) is 0 Å². The lowest BCUT2D eigenvalue weighted by Gasteiger charge is -2.12. The lowest BCUT2D eigenvalue weighted by molar-refractivity contribution is -0.137. The van der Waals surface area contributed by atoms with Gasteiger partial charge in [0.15, 0.2) is 0 Å². The highest BCUT2D eigenvalue weighted by Gasteiger charge is 2.34. The number of nitrogens with one attached hydrogen (secondary N) is 1. The molecular formula is C19H16F3N3O. The Kier molecular flexibility index (Phi) is 5.06. The van der Waals surface area contributed by atoms with Crippen molar-refractivity contribution < 1.29 is 18.0 Å². The van der Waals surface area contributed by atoms with E-state index in [0.717, 1.165) is 17.3 Å². The first-order valence-corrected chi connectivity index (χ1v) is 7.98. The Hall–Kier alpha value is -3.09. The molecule has 1 N–H and O–H groups in total. The van der Waals surface area contributed by atoms with Crippen molar-refractivity contribution in [3.8, 4) is 5.69 Å². The van der Waals surface area contributed by atoms with Crippen LogP contribution in [0.15, 0.2) is 67.0 Å². The van der Waals surface area contributed by atoms with Gasteiger partial charge in [-0.3, -0.25) is 4.79 Å². The molecule has 134 valence electrons. The molecule has 0 saturated heterocycles. The van der Waals surface area contributed by atoms with Gasteiger partial charge in [-0.05, 0) is 36.2 Å². The van der Waals surface area contributed by atoms with Crippen LogP contribution < -0.4 is 5.32 Å². The van der Waals surface area contributed by atoms with Gasteiger partial charge in [0.1, 0.15) is 0 Å². The molecule has 0 fully saturated rings. The molecule has 3 rings (SSSR count). The Labute approximate surface area is 148 Å². The van der Waals surface area contributed by atoms with Crippen LogP contribution in [0.3, 0.4) is 0 Å². The number of para-hydroxylation sites is 1. The van der Waals surface area contributed by atoms with Crippen LogP contribution in [0.5, 0.6) is 0 Å². The molecule has 0 aliphatic carbocycles.